The van der Waals surface area contributed by atoms with Crippen LogP contribution in [0.1, 0.15) is 31.1 Å². The molecule has 0 aliphatic carbocycles. The number of carboxylic acid groups (broad SMARTS) is 1. The highest BCUT2D eigenvalue weighted by molar-refractivity contribution is 6.74. The van der Waals surface area contributed by atoms with Gasteiger partial charge in [0.05, 0.1) is 0 Å². The van der Waals surface area contributed by atoms with E-state index in [1.165, 1.54) is 12.1 Å². The minimum absolute atomic E-state index is 0.0294. The Morgan fingerprint density at radius 1 is 1.04 bits per heavy atom. The van der Waals surface area contributed by atoms with Gasteiger partial charge in [-0.3, -0.25) is 0 Å². The molecule has 5 heteroatoms. The third-order valence-electron chi connectivity index (χ3n) is 4.56. The van der Waals surface area contributed by atoms with Crippen molar-refractivity contribution in [3.05, 3.63) is 53.8 Å². The first kappa shape index (κ1) is 18.2. The largest absolute Gasteiger partial charge is 0.543 e. The summed E-state index contributed by atoms with van der Waals surface area (Å²) in [5.74, 6) is -0.970. The summed E-state index contributed by atoms with van der Waals surface area (Å²) in [5, 5.41) is 9.53. The van der Waals surface area contributed by atoms with Crippen molar-refractivity contribution in [3.63, 3.8) is 0 Å². The first-order valence-electron chi connectivity index (χ1n) is 7.83. The van der Waals surface area contributed by atoms with Crippen molar-refractivity contribution in [1.29, 1.82) is 0 Å². The van der Waals surface area contributed by atoms with Crippen LogP contribution in [0.3, 0.4) is 0 Å². The van der Waals surface area contributed by atoms with Crippen molar-refractivity contribution < 1.29 is 18.7 Å². The van der Waals surface area contributed by atoms with Crippen LogP contribution in [0.5, 0.6) is 5.75 Å². The smallest absolute Gasteiger partial charge is 0.339 e. The van der Waals surface area contributed by atoms with Crippen molar-refractivity contribution >= 4 is 14.3 Å². The van der Waals surface area contributed by atoms with Crippen molar-refractivity contribution in [1.82, 2.24) is 0 Å². The van der Waals surface area contributed by atoms with Gasteiger partial charge >= 0.3 is 5.97 Å². The lowest BCUT2D eigenvalue weighted by Crippen LogP contribution is -2.44. The first-order valence-corrected chi connectivity index (χ1v) is 10.7. The number of halogens is 1. The molecule has 1 N–H and O–H groups in total. The topological polar surface area (TPSA) is 46.5 Å². The van der Waals surface area contributed by atoms with Gasteiger partial charge in [0.1, 0.15) is 17.1 Å². The Hall–Kier alpha value is -2.14. The van der Waals surface area contributed by atoms with E-state index in [-0.39, 0.29) is 16.4 Å². The molecule has 0 heterocycles. The zero-order valence-electron chi connectivity index (χ0n) is 14.7. The Balaban J connectivity index is 2.44. The fourth-order valence-electron chi connectivity index (χ4n) is 2.04. The molecule has 0 spiro atoms. The van der Waals surface area contributed by atoms with Crippen molar-refractivity contribution in [2.24, 2.45) is 0 Å². The minimum atomic E-state index is -2.14. The second kappa shape index (κ2) is 6.40. The van der Waals surface area contributed by atoms with Gasteiger partial charge in [-0.15, -0.1) is 0 Å². The minimum Gasteiger partial charge on any atom is -0.543 e. The third kappa shape index (κ3) is 3.84. The van der Waals surface area contributed by atoms with Crippen LogP contribution in [0.2, 0.25) is 18.1 Å². The van der Waals surface area contributed by atoms with Crippen LogP contribution in [-0.2, 0) is 0 Å². The number of hydrogen-bond donors (Lipinski definition) is 1. The summed E-state index contributed by atoms with van der Waals surface area (Å²) in [6, 6.07) is 11.1. The lowest BCUT2D eigenvalue weighted by atomic mass is 10.0. The molecular formula is C19H23FO3Si. The van der Waals surface area contributed by atoms with Gasteiger partial charge in [0, 0.05) is 0 Å². The Labute approximate surface area is 143 Å². The molecule has 2 aromatic carbocycles. The molecule has 0 radical (unpaired) electrons. The highest BCUT2D eigenvalue weighted by Crippen LogP contribution is 2.39. The Morgan fingerprint density at radius 3 is 2.08 bits per heavy atom. The van der Waals surface area contributed by atoms with E-state index < -0.39 is 14.3 Å². The van der Waals surface area contributed by atoms with Crippen LogP contribution in [0.15, 0.2) is 42.5 Å². The quantitative estimate of drug-likeness (QED) is 0.736. The lowest BCUT2D eigenvalue weighted by molar-refractivity contribution is 0.0694. The number of rotatable bonds is 4. The predicted molar refractivity (Wildman–Crippen MR) is 96.6 cm³/mol. The third-order valence-corrected chi connectivity index (χ3v) is 8.90. The number of carbonyl (C=O) groups is 1. The predicted octanol–water partition coefficient (Wildman–Crippen LogP) is 5.57. The number of aromatic carboxylic acids is 1. The van der Waals surface area contributed by atoms with Crippen LogP contribution < -0.4 is 4.43 Å². The van der Waals surface area contributed by atoms with Gasteiger partial charge in [-0.1, -0.05) is 39.0 Å². The number of hydrogen-bond acceptors (Lipinski definition) is 2. The summed E-state index contributed by atoms with van der Waals surface area (Å²) in [4.78, 5) is 11.7. The standard InChI is InChI=1S/C19H23FO3Si/c1-19(2,3)24(4,5)23-17-11-8-14(12-16(17)18(21)22)13-6-9-15(20)10-7-13/h6-12H,1-5H3,(H,21,22). The molecule has 0 saturated carbocycles. The molecule has 2 rings (SSSR count). The van der Waals surface area contributed by atoms with E-state index in [9.17, 15) is 14.3 Å². The lowest BCUT2D eigenvalue weighted by Gasteiger charge is -2.36. The van der Waals surface area contributed by atoms with E-state index in [0.717, 1.165) is 11.1 Å². The fourth-order valence-corrected chi connectivity index (χ4v) is 3.07. The first-order chi connectivity index (χ1) is 11.0. The molecule has 0 saturated heterocycles. The molecule has 0 fully saturated rings. The van der Waals surface area contributed by atoms with Gasteiger partial charge in [-0.05, 0) is 53.5 Å². The van der Waals surface area contributed by atoms with E-state index in [1.807, 2.05) is 6.07 Å². The molecule has 0 bridgehead atoms. The molecule has 128 valence electrons. The maximum absolute atomic E-state index is 13.1. The van der Waals surface area contributed by atoms with E-state index in [4.69, 9.17) is 4.43 Å². The normalized spacial score (nSPS) is 12.1. The van der Waals surface area contributed by atoms with Gasteiger partial charge in [0.25, 0.3) is 8.32 Å². The summed E-state index contributed by atoms with van der Waals surface area (Å²) < 4.78 is 19.2. The van der Waals surface area contributed by atoms with Crippen molar-refractivity contribution in [2.45, 2.75) is 38.9 Å². The van der Waals surface area contributed by atoms with Gasteiger partial charge in [0.15, 0.2) is 0 Å². The molecule has 2 aromatic rings. The maximum Gasteiger partial charge on any atom is 0.339 e. The van der Waals surface area contributed by atoms with Gasteiger partial charge in [-0.2, -0.15) is 0 Å². The fraction of sp³-hybridized carbons (Fsp3) is 0.316. The highest BCUT2D eigenvalue weighted by Gasteiger charge is 2.39. The molecule has 0 unspecified atom stereocenters. The second-order valence-electron chi connectivity index (χ2n) is 7.39. The van der Waals surface area contributed by atoms with Crippen molar-refractivity contribution in [3.8, 4) is 16.9 Å². The SMILES string of the molecule is CC(C)(C)[Si](C)(C)Oc1ccc(-c2ccc(F)cc2)cc1C(=O)O. The van der Waals surface area contributed by atoms with Crippen LogP contribution in [0, 0.1) is 5.82 Å². The summed E-state index contributed by atoms with van der Waals surface area (Å²) in [5.41, 5.74) is 1.61. The number of carboxylic acids is 1. The molecule has 0 amide bonds. The zero-order valence-corrected chi connectivity index (χ0v) is 15.7. The molecule has 0 aliphatic rings. The summed E-state index contributed by atoms with van der Waals surface area (Å²) in [6.45, 7) is 10.5. The zero-order chi connectivity index (χ0) is 18.1. The highest BCUT2D eigenvalue weighted by atomic mass is 28.4. The monoisotopic (exact) mass is 346 g/mol. The average molecular weight is 346 g/mol. The molecule has 0 atom stereocenters. The van der Waals surface area contributed by atoms with Crippen molar-refractivity contribution in [2.75, 3.05) is 0 Å². The molecule has 0 aromatic heterocycles. The van der Waals surface area contributed by atoms with Gasteiger partial charge in [-0.25, -0.2) is 9.18 Å². The van der Waals surface area contributed by atoms with E-state index in [2.05, 4.69) is 33.9 Å². The summed E-state index contributed by atoms with van der Waals surface area (Å²) >= 11 is 0. The van der Waals surface area contributed by atoms with Crippen LogP contribution in [0.25, 0.3) is 11.1 Å². The summed E-state index contributed by atoms with van der Waals surface area (Å²) in [6.07, 6.45) is 0. The molecule has 24 heavy (non-hydrogen) atoms. The molecule has 0 aliphatic heterocycles. The van der Waals surface area contributed by atoms with Gasteiger partial charge in [0.2, 0.25) is 0 Å². The molecular weight excluding hydrogens is 323 g/mol. The van der Waals surface area contributed by atoms with Crippen LogP contribution in [0.4, 0.5) is 4.39 Å². The maximum atomic E-state index is 13.1. The van der Waals surface area contributed by atoms with E-state index >= 15 is 0 Å². The van der Waals surface area contributed by atoms with E-state index in [0.29, 0.717) is 5.75 Å². The van der Waals surface area contributed by atoms with Crippen LogP contribution >= 0.6 is 0 Å². The summed E-state index contributed by atoms with van der Waals surface area (Å²) in [7, 11) is -2.14. The van der Waals surface area contributed by atoms with Gasteiger partial charge < -0.3 is 9.53 Å². The Kier molecular flexibility index (Phi) is 4.85. The second-order valence-corrected chi connectivity index (χ2v) is 12.1. The van der Waals surface area contributed by atoms with Crippen LogP contribution in [-0.4, -0.2) is 19.4 Å². The Bertz CT molecular complexity index is 746. The number of benzene rings is 2. The molecule has 3 nitrogen and oxygen atoms in total. The van der Waals surface area contributed by atoms with E-state index in [1.54, 1.807) is 24.3 Å². The average Bonchev–Trinajstić information content (AvgIpc) is 2.47. The Morgan fingerprint density at radius 2 is 1.58 bits per heavy atom.